The number of benzene rings is 2. The highest BCUT2D eigenvalue weighted by Gasteiger charge is 2.22. The van der Waals surface area contributed by atoms with Gasteiger partial charge in [-0.3, -0.25) is 4.68 Å². The molecule has 0 atom stereocenters. The fourth-order valence-corrected chi connectivity index (χ4v) is 4.17. The van der Waals surface area contributed by atoms with Gasteiger partial charge in [0.15, 0.2) is 5.65 Å². The van der Waals surface area contributed by atoms with Crippen molar-refractivity contribution in [2.45, 2.75) is 6.92 Å². The molecule has 0 spiro atoms. The van der Waals surface area contributed by atoms with Gasteiger partial charge in [-0.15, -0.1) is 0 Å². The van der Waals surface area contributed by atoms with Crippen LogP contribution in [-0.4, -0.2) is 45.9 Å². The Morgan fingerprint density at radius 1 is 0.935 bits per heavy atom. The third-order valence-corrected chi connectivity index (χ3v) is 5.94. The van der Waals surface area contributed by atoms with E-state index in [9.17, 15) is 0 Å². The quantitative estimate of drug-likeness (QED) is 0.515. The van der Waals surface area contributed by atoms with Crippen LogP contribution >= 0.6 is 11.6 Å². The Hall–Kier alpha value is -3.32. The number of nitrogens with one attached hydrogen (secondary N) is 1. The first kappa shape index (κ1) is 19.6. The van der Waals surface area contributed by atoms with Crippen LogP contribution in [0.25, 0.3) is 11.0 Å². The maximum Gasteiger partial charge on any atom is 0.229 e. The molecule has 4 aromatic rings. The van der Waals surface area contributed by atoms with Gasteiger partial charge < -0.3 is 15.1 Å². The smallest absolute Gasteiger partial charge is 0.229 e. The molecule has 5 rings (SSSR count). The number of halogens is 1. The Labute approximate surface area is 186 Å². The van der Waals surface area contributed by atoms with Gasteiger partial charge in [-0.2, -0.15) is 15.1 Å². The van der Waals surface area contributed by atoms with Crippen molar-refractivity contribution in [3.63, 3.8) is 0 Å². The number of piperazine rings is 1. The van der Waals surface area contributed by atoms with Gasteiger partial charge in [0.05, 0.1) is 11.6 Å². The van der Waals surface area contributed by atoms with E-state index in [1.54, 1.807) is 10.9 Å². The van der Waals surface area contributed by atoms with E-state index in [-0.39, 0.29) is 0 Å². The number of hydrogen-bond donors (Lipinski definition) is 1. The lowest BCUT2D eigenvalue weighted by molar-refractivity contribution is 0.640. The SMILES string of the molecule is Cc1cc(Cl)ccc1Nc1nc(N2CCN(c3ccccc3)CC2)nc2c1cnn2C. The Kier molecular flexibility index (Phi) is 5.11. The predicted octanol–water partition coefficient (Wildman–Crippen LogP) is 4.40. The van der Waals surface area contributed by atoms with E-state index in [0.717, 1.165) is 60.2 Å². The third-order valence-electron chi connectivity index (χ3n) is 5.71. The minimum Gasteiger partial charge on any atom is -0.368 e. The fourth-order valence-electron chi connectivity index (χ4n) is 3.95. The number of aryl methyl sites for hydroxylation is 2. The van der Waals surface area contributed by atoms with Gasteiger partial charge in [0.25, 0.3) is 0 Å². The second-order valence-electron chi connectivity index (χ2n) is 7.77. The molecule has 1 aliphatic heterocycles. The summed E-state index contributed by atoms with van der Waals surface area (Å²) in [5, 5.41) is 9.48. The van der Waals surface area contributed by atoms with Gasteiger partial charge >= 0.3 is 0 Å². The highest BCUT2D eigenvalue weighted by Crippen LogP contribution is 2.29. The number of rotatable bonds is 4. The topological polar surface area (TPSA) is 62.1 Å². The predicted molar refractivity (Wildman–Crippen MR) is 127 cm³/mol. The number of anilines is 4. The van der Waals surface area contributed by atoms with Crippen LogP contribution in [0.15, 0.2) is 54.7 Å². The monoisotopic (exact) mass is 433 g/mol. The Morgan fingerprint density at radius 3 is 2.42 bits per heavy atom. The molecule has 1 saturated heterocycles. The van der Waals surface area contributed by atoms with Crippen LogP contribution in [0, 0.1) is 6.92 Å². The van der Waals surface area contributed by atoms with Crippen molar-refractivity contribution in [1.82, 2.24) is 19.7 Å². The molecule has 31 heavy (non-hydrogen) atoms. The molecule has 0 amide bonds. The van der Waals surface area contributed by atoms with Crippen LogP contribution in [0.2, 0.25) is 5.02 Å². The lowest BCUT2D eigenvalue weighted by atomic mass is 10.2. The lowest BCUT2D eigenvalue weighted by Crippen LogP contribution is -2.47. The van der Waals surface area contributed by atoms with E-state index in [1.165, 1.54) is 5.69 Å². The zero-order valence-electron chi connectivity index (χ0n) is 17.6. The van der Waals surface area contributed by atoms with Gasteiger partial charge in [0.1, 0.15) is 5.82 Å². The first-order valence-corrected chi connectivity index (χ1v) is 10.7. The molecule has 7 nitrogen and oxygen atoms in total. The number of hydrogen-bond acceptors (Lipinski definition) is 6. The summed E-state index contributed by atoms with van der Waals surface area (Å²) in [5.41, 5.74) is 4.09. The zero-order chi connectivity index (χ0) is 21.4. The van der Waals surface area contributed by atoms with Crippen molar-refractivity contribution in [2.24, 2.45) is 7.05 Å². The van der Waals surface area contributed by atoms with Crippen molar-refractivity contribution in [3.05, 3.63) is 65.3 Å². The molecular weight excluding hydrogens is 410 g/mol. The van der Waals surface area contributed by atoms with E-state index >= 15 is 0 Å². The van der Waals surface area contributed by atoms with Crippen LogP contribution in [0.3, 0.4) is 0 Å². The van der Waals surface area contributed by atoms with Crippen molar-refractivity contribution in [3.8, 4) is 0 Å². The molecule has 0 aliphatic carbocycles. The normalized spacial score (nSPS) is 14.3. The Bertz CT molecular complexity index is 1210. The first-order chi connectivity index (χ1) is 15.1. The minimum atomic E-state index is 0.717. The molecule has 0 unspecified atom stereocenters. The van der Waals surface area contributed by atoms with Gasteiger partial charge in [-0.05, 0) is 42.8 Å². The summed E-state index contributed by atoms with van der Waals surface area (Å²) in [4.78, 5) is 14.4. The average Bonchev–Trinajstić information content (AvgIpc) is 3.17. The van der Waals surface area contributed by atoms with Crippen molar-refractivity contribution in [1.29, 1.82) is 0 Å². The summed E-state index contributed by atoms with van der Waals surface area (Å²) in [5.74, 6) is 1.47. The lowest BCUT2D eigenvalue weighted by Gasteiger charge is -2.36. The summed E-state index contributed by atoms with van der Waals surface area (Å²) < 4.78 is 1.79. The standard InChI is InChI=1S/C23H24ClN7/c1-16-14-17(24)8-9-20(16)26-21-19-15-25-29(2)22(19)28-23(27-21)31-12-10-30(11-13-31)18-6-4-3-5-7-18/h3-9,14-15H,10-13H2,1-2H3,(H,26,27,28). The molecule has 2 aromatic heterocycles. The highest BCUT2D eigenvalue weighted by atomic mass is 35.5. The molecule has 3 heterocycles. The summed E-state index contributed by atoms with van der Waals surface area (Å²) in [6.07, 6.45) is 1.81. The van der Waals surface area contributed by atoms with Crippen molar-refractivity contribution >= 4 is 45.8 Å². The summed E-state index contributed by atoms with van der Waals surface area (Å²) >= 11 is 6.12. The largest absolute Gasteiger partial charge is 0.368 e. The maximum atomic E-state index is 6.12. The molecule has 0 radical (unpaired) electrons. The Balaban J connectivity index is 1.44. The molecule has 2 aromatic carbocycles. The first-order valence-electron chi connectivity index (χ1n) is 10.4. The summed E-state index contributed by atoms with van der Waals surface area (Å²) in [6.45, 7) is 5.60. The molecule has 1 N–H and O–H groups in total. The number of nitrogens with zero attached hydrogens (tertiary/aromatic N) is 6. The van der Waals surface area contributed by atoms with Crippen LogP contribution < -0.4 is 15.1 Å². The maximum absolute atomic E-state index is 6.12. The van der Waals surface area contributed by atoms with Crippen molar-refractivity contribution < 1.29 is 0 Å². The Morgan fingerprint density at radius 2 is 1.68 bits per heavy atom. The number of aromatic nitrogens is 4. The zero-order valence-corrected chi connectivity index (χ0v) is 18.3. The van der Waals surface area contributed by atoms with Crippen LogP contribution in [-0.2, 0) is 7.05 Å². The molecule has 0 bridgehead atoms. The number of fused-ring (bicyclic) bond motifs is 1. The van der Waals surface area contributed by atoms with Gasteiger partial charge in [0, 0.05) is 49.6 Å². The van der Waals surface area contributed by atoms with E-state index < -0.39 is 0 Å². The third kappa shape index (κ3) is 3.88. The van der Waals surface area contributed by atoms with Gasteiger partial charge in [-0.1, -0.05) is 29.8 Å². The van der Waals surface area contributed by atoms with Gasteiger partial charge in [-0.25, -0.2) is 0 Å². The van der Waals surface area contributed by atoms with E-state index in [0.29, 0.717) is 5.02 Å². The van der Waals surface area contributed by atoms with Crippen LogP contribution in [0.4, 0.5) is 23.1 Å². The summed E-state index contributed by atoms with van der Waals surface area (Å²) in [7, 11) is 1.91. The molecule has 8 heteroatoms. The summed E-state index contributed by atoms with van der Waals surface area (Å²) in [6, 6.07) is 16.3. The molecule has 158 valence electrons. The average molecular weight is 434 g/mol. The molecule has 0 saturated carbocycles. The van der Waals surface area contributed by atoms with Gasteiger partial charge in [0.2, 0.25) is 5.95 Å². The highest BCUT2D eigenvalue weighted by molar-refractivity contribution is 6.30. The minimum absolute atomic E-state index is 0.717. The second-order valence-corrected chi connectivity index (χ2v) is 8.21. The molecular formula is C23H24ClN7. The molecule has 1 aliphatic rings. The van der Waals surface area contributed by atoms with E-state index in [1.807, 2.05) is 38.2 Å². The van der Waals surface area contributed by atoms with E-state index in [4.69, 9.17) is 21.6 Å². The van der Waals surface area contributed by atoms with Crippen LogP contribution in [0.1, 0.15) is 5.56 Å². The fraction of sp³-hybridized carbons (Fsp3) is 0.261. The molecule has 1 fully saturated rings. The second kappa shape index (κ2) is 8.07. The van der Waals surface area contributed by atoms with Crippen LogP contribution in [0.5, 0.6) is 0 Å². The van der Waals surface area contributed by atoms with E-state index in [2.05, 4.69) is 44.5 Å². The number of para-hydroxylation sites is 1. The van der Waals surface area contributed by atoms with Crippen molar-refractivity contribution in [2.75, 3.05) is 41.3 Å².